The van der Waals surface area contributed by atoms with Gasteiger partial charge in [-0.15, -0.1) is 0 Å². The number of fused-ring (bicyclic) bond motifs is 1. The van der Waals surface area contributed by atoms with Crippen molar-refractivity contribution in [1.82, 2.24) is 10.6 Å². The van der Waals surface area contributed by atoms with Crippen LogP contribution in [-0.4, -0.2) is 37.7 Å². The summed E-state index contributed by atoms with van der Waals surface area (Å²) in [6.07, 6.45) is 3.50. The van der Waals surface area contributed by atoms with Crippen molar-refractivity contribution in [3.05, 3.63) is 58.3 Å². The Kier molecular flexibility index (Phi) is 4.41. The van der Waals surface area contributed by atoms with Crippen LogP contribution < -0.4 is 16.4 Å². The maximum Gasteiger partial charge on any atom is 0.196 e. The Balaban J connectivity index is 2.05. The van der Waals surface area contributed by atoms with Crippen molar-refractivity contribution in [2.45, 2.75) is 18.9 Å². The van der Waals surface area contributed by atoms with Crippen LogP contribution in [0.1, 0.15) is 33.6 Å². The fourth-order valence-corrected chi connectivity index (χ4v) is 3.24. The topological polar surface area (TPSA) is 84.2 Å². The van der Waals surface area contributed by atoms with Gasteiger partial charge >= 0.3 is 0 Å². The van der Waals surface area contributed by atoms with Gasteiger partial charge in [-0.05, 0) is 25.9 Å². The highest BCUT2D eigenvalue weighted by Gasteiger charge is 2.38. The lowest BCUT2D eigenvalue weighted by atomic mass is 9.76. The molecule has 0 fully saturated rings. The zero-order valence-corrected chi connectivity index (χ0v) is 13.2. The second kappa shape index (κ2) is 6.48. The highest BCUT2D eigenvalue weighted by Crippen LogP contribution is 2.35. The van der Waals surface area contributed by atoms with Gasteiger partial charge in [-0.3, -0.25) is 9.59 Å². The largest absolute Gasteiger partial charge is 0.388 e. The van der Waals surface area contributed by atoms with Gasteiger partial charge in [0.25, 0.3) is 0 Å². The molecule has 0 aliphatic heterocycles. The summed E-state index contributed by atoms with van der Waals surface area (Å²) in [5.74, 6) is -0.137. The summed E-state index contributed by atoms with van der Waals surface area (Å²) >= 11 is 0. The van der Waals surface area contributed by atoms with Crippen LogP contribution in [0.3, 0.4) is 0 Å². The van der Waals surface area contributed by atoms with Gasteiger partial charge in [0.15, 0.2) is 11.6 Å². The second-order valence-corrected chi connectivity index (χ2v) is 5.74. The predicted molar refractivity (Wildman–Crippen MR) is 89.4 cm³/mol. The third kappa shape index (κ3) is 2.62. The molecule has 1 atom stereocenters. The summed E-state index contributed by atoms with van der Waals surface area (Å²) in [7, 11) is 1.77. The Labute approximate surface area is 135 Å². The number of nitrogens with one attached hydrogen (secondary N) is 2. The Morgan fingerprint density at radius 1 is 1.17 bits per heavy atom. The first-order valence-electron chi connectivity index (χ1n) is 7.93. The third-order valence-electron chi connectivity index (χ3n) is 4.37. The quantitative estimate of drug-likeness (QED) is 0.711. The number of rotatable bonds is 5. The van der Waals surface area contributed by atoms with Crippen molar-refractivity contribution in [3.8, 4) is 0 Å². The van der Waals surface area contributed by atoms with E-state index in [1.165, 1.54) is 0 Å². The molecule has 5 nitrogen and oxygen atoms in total. The van der Waals surface area contributed by atoms with Crippen molar-refractivity contribution >= 4 is 11.6 Å². The molecule has 2 aliphatic carbocycles. The molecule has 1 unspecified atom stereocenters. The third-order valence-corrected chi connectivity index (χ3v) is 4.37. The van der Waals surface area contributed by atoms with Gasteiger partial charge < -0.3 is 16.4 Å². The lowest BCUT2D eigenvalue weighted by molar-refractivity contribution is 0.0967. The minimum absolute atomic E-state index is 0.0544. The van der Waals surface area contributed by atoms with Gasteiger partial charge in [0.2, 0.25) is 0 Å². The fraction of sp³-hybridized carbons (Fsp3) is 0.333. The van der Waals surface area contributed by atoms with E-state index in [1.807, 2.05) is 6.08 Å². The number of allylic oxidation sites excluding steroid dienone is 1. The normalized spacial score (nSPS) is 20.1. The van der Waals surface area contributed by atoms with E-state index in [9.17, 15) is 9.59 Å². The standard InChI is InChI=1S/C18H21N3O2/c1-20-13-7-8-14(21-10-4-9-19)16-15(13)17(22)11-5-2-3-6-12(11)18(16)23/h2-3,5-7,14,20-21H,4,8-10,19H2,1H3. The molecule has 0 radical (unpaired) electrons. The molecule has 1 aromatic carbocycles. The molecule has 1 aromatic rings. The Bertz CT molecular complexity index is 719. The molecule has 5 heteroatoms. The number of hydrogen-bond donors (Lipinski definition) is 3. The van der Waals surface area contributed by atoms with Crippen molar-refractivity contribution in [2.24, 2.45) is 5.73 Å². The van der Waals surface area contributed by atoms with E-state index < -0.39 is 0 Å². The van der Waals surface area contributed by atoms with E-state index in [0.717, 1.165) is 18.7 Å². The molecule has 0 spiro atoms. The molecule has 0 saturated heterocycles. The number of Topliss-reactive ketones (excluding diaryl/α,β-unsaturated/α-hetero) is 2. The highest BCUT2D eigenvalue weighted by molar-refractivity contribution is 6.29. The lowest BCUT2D eigenvalue weighted by Gasteiger charge is -2.31. The smallest absolute Gasteiger partial charge is 0.196 e. The molecule has 0 saturated carbocycles. The summed E-state index contributed by atoms with van der Waals surface area (Å²) in [6, 6.07) is 6.90. The minimum Gasteiger partial charge on any atom is -0.388 e. The van der Waals surface area contributed by atoms with Gasteiger partial charge in [0.1, 0.15) is 0 Å². The number of likely N-dealkylation sites (N-methyl/N-ethyl adjacent to an activating group) is 1. The molecule has 23 heavy (non-hydrogen) atoms. The summed E-state index contributed by atoms with van der Waals surface area (Å²) in [5.41, 5.74) is 8.35. The van der Waals surface area contributed by atoms with E-state index in [2.05, 4.69) is 10.6 Å². The van der Waals surface area contributed by atoms with Crippen LogP contribution in [-0.2, 0) is 0 Å². The molecule has 0 bridgehead atoms. The zero-order chi connectivity index (χ0) is 16.4. The molecule has 120 valence electrons. The first-order chi connectivity index (χ1) is 11.2. The predicted octanol–water partition coefficient (Wildman–Crippen LogP) is 1.18. The molecule has 0 amide bonds. The monoisotopic (exact) mass is 311 g/mol. The summed E-state index contributed by atoms with van der Waals surface area (Å²) in [4.78, 5) is 25.9. The Hall–Kier alpha value is -2.24. The van der Waals surface area contributed by atoms with Crippen LogP contribution in [0.5, 0.6) is 0 Å². The van der Waals surface area contributed by atoms with Crippen LogP contribution in [0.25, 0.3) is 0 Å². The number of ketones is 2. The van der Waals surface area contributed by atoms with Gasteiger partial charge in [-0.25, -0.2) is 0 Å². The van der Waals surface area contributed by atoms with Crippen LogP contribution >= 0.6 is 0 Å². The van der Waals surface area contributed by atoms with Crippen molar-refractivity contribution in [2.75, 3.05) is 20.1 Å². The van der Waals surface area contributed by atoms with Crippen LogP contribution in [0.2, 0.25) is 0 Å². The first kappa shape index (κ1) is 15.6. The van der Waals surface area contributed by atoms with E-state index in [0.29, 0.717) is 35.2 Å². The van der Waals surface area contributed by atoms with E-state index in [-0.39, 0.29) is 17.6 Å². The van der Waals surface area contributed by atoms with Crippen LogP contribution in [0.15, 0.2) is 47.2 Å². The Morgan fingerprint density at radius 2 is 1.87 bits per heavy atom. The van der Waals surface area contributed by atoms with Gasteiger partial charge in [-0.2, -0.15) is 0 Å². The molecular weight excluding hydrogens is 290 g/mol. The van der Waals surface area contributed by atoms with Crippen molar-refractivity contribution in [3.63, 3.8) is 0 Å². The first-order valence-corrected chi connectivity index (χ1v) is 7.93. The second-order valence-electron chi connectivity index (χ2n) is 5.74. The number of hydrogen-bond acceptors (Lipinski definition) is 5. The van der Waals surface area contributed by atoms with E-state index in [4.69, 9.17) is 5.73 Å². The van der Waals surface area contributed by atoms with Crippen LogP contribution in [0, 0.1) is 0 Å². The average Bonchev–Trinajstić information content (AvgIpc) is 2.59. The lowest BCUT2D eigenvalue weighted by Crippen LogP contribution is -2.41. The highest BCUT2D eigenvalue weighted by atomic mass is 16.1. The van der Waals surface area contributed by atoms with Crippen molar-refractivity contribution in [1.29, 1.82) is 0 Å². The van der Waals surface area contributed by atoms with Crippen LogP contribution in [0.4, 0.5) is 0 Å². The van der Waals surface area contributed by atoms with Gasteiger partial charge in [-0.1, -0.05) is 30.3 Å². The van der Waals surface area contributed by atoms with Gasteiger partial charge in [0, 0.05) is 35.5 Å². The number of nitrogens with two attached hydrogens (primary N) is 1. The molecular formula is C18H21N3O2. The maximum atomic E-state index is 13.0. The molecule has 0 heterocycles. The average molecular weight is 311 g/mol. The molecule has 3 rings (SSSR count). The molecule has 4 N–H and O–H groups in total. The summed E-state index contributed by atoms with van der Waals surface area (Å²) < 4.78 is 0. The SMILES string of the molecule is CNC1=CCC(NCCCN)C2=C1C(=O)c1ccccc1C2=O. The number of carbonyl (C=O) groups is 2. The zero-order valence-electron chi connectivity index (χ0n) is 13.2. The Morgan fingerprint density at radius 3 is 2.52 bits per heavy atom. The van der Waals surface area contributed by atoms with E-state index in [1.54, 1.807) is 31.3 Å². The molecule has 2 aliphatic rings. The van der Waals surface area contributed by atoms with E-state index >= 15 is 0 Å². The molecule has 0 aromatic heterocycles. The van der Waals surface area contributed by atoms with Crippen molar-refractivity contribution < 1.29 is 9.59 Å². The fourth-order valence-electron chi connectivity index (χ4n) is 3.24. The summed E-state index contributed by atoms with van der Waals surface area (Å²) in [5, 5.41) is 6.42. The summed E-state index contributed by atoms with van der Waals surface area (Å²) in [6.45, 7) is 1.32. The minimum atomic E-state index is -0.140. The number of benzene rings is 1. The number of carbonyl (C=O) groups excluding carboxylic acids is 2. The van der Waals surface area contributed by atoms with Gasteiger partial charge in [0.05, 0.1) is 5.57 Å². The maximum absolute atomic E-state index is 13.0.